The zero-order valence-corrected chi connectivity index (χ0v) is 81.4. The summed E-state index contributed by atoms with van der Waals surface area (Å²) in [5, 5.41) is 0. The number of amides is 3. The molecule has 0 aliphatic carbocycles. The molecule has 0 N–H and O–H groups in total. The summed E-state index contributed by atoms with van der Waals surface area (Å²) in [5.41, 5.74) is 11.1. The van der Waals surface area contributed by atoms with Crippen LogP contribution in [0, 0.1) is 41.5 Å². The Kier molecular flexibility index (Phi) is 28.7. The monoisotopic (exact) mass is 1980 g/mol. The van der Waals surface area contributed by atoms with E-state index in [0.717, 1.165) is 172 Å². The molecule has 0 spiro atoms. The molecule has 6 aromatic carbocycles. The van der Waals surface area contributed by atoms with Crippen molar-refractivity contribution in [2.24, 2.45) is 0 Å². The number of rotatable bonds is 24. The van der Waals surface area contributed by atoms with E-state index in [-0.39, 0.29) is 47.9 Å². The molecule has 141 heavy (non-hydrogen) atoms. The molecule has 0 saturated carbocycles. The third-order valence-electron chi connectivity index (χ3n) is 26.3. The Hall–Kier alpha value is -14.2. The predicted molar refractivity (Wildman–Crippen MR) is 513 cm³/mol. The highest BCUT2D eigenvalue weighted by Gasteiger charge is 2.47. The standard InChI is InChI=1S/C36H36F3N3O5S.C35H34F3N3O5S.C34H32F3N3O6/c1-19-14-24(16-25(15-19)36(37,38)39)31-22(4)42(35(44)47-31)18-28-26(9-11-30(40-28)41-12-7-13-41)27-17-23(8-10-29(27)45-5)32-20(2)21(3)33(48-32)34(43)46-6;1-19-13-23(15-24(14-19)35(36,37)38)32-20(2)41(34(43)46-32)18-28-25(8-10-31(39-28)40-11-6-12-40)27-16-22(7-9-29(27)44-4)26-17-30(33(42)45-5)47-21(26)3;1-19-12-22(14-24(13-19)34(35,36)37)31-20(2)40(33(42)46-31)17-27-25(7-9-30(38-27)39-10-5-11-39)26-15-21(6-8-28(26)43-3)29-16-23(18-45-29)32(41)44-4/h8-11,14-17,22,31H,7,12-13,18H2,1-6H3;7-10,13-17,20,32H,6,11-12,18H2,1-5H3;6-9,12-16,18,20,31H,5,10-11,17H2,1-4H3/t22-,31-;20-,32-;20-,31-/m000/s1. The molecule has 6 fully saturated rings. The van der Waals surface area contributed by atoms with Crippen LogP contribution in [-0.2, 0) is 66.6 Å². The van der Waals surface area contributed by atoms with E-state index in [2.05, 4.69) is 14.7 Å². The summed E-state index contributed by atoms with van der Waals surface area (Å²) in [4.78, 5) is 105. The molecule has 18 rings (SSSR count). The molecule has 6 aromatic heterocycles. The summed E-state index contributed by atoms with van der Waals surface area (Å²) in [6.07, 6.45) is -13.7. The number of thiophene rings is 2. The van der Waals surface area contributed by atoms with Crippen LogP contribution in [0.3, 0.4) is 0 Å². The number of anilines is 3. The van der Waals surface area contributed by atoms with Gasteiger partial charge in [0.05, 0.1) is 120 Å². The van der Waals surface area contributed by atoms with Crippen molar-refractivity contribution >= 4 is 76.3 Å². The quantitative estimate of drug-likeness (QED) is 0.0309. The lowest BCUT2D eigenvalue weighted by atomic mass is 9.96. The molecule has 0 radical (unpaired) electrons. The predicted octanol–water partition coefficient (Wildman–Crippen LogP) is 24.1. The third-order valence-corrected chi connectivity index (χ3v) is 28.7. The molecular formula is C105H102F9N9O16S2. The Morgan fingerprint density at radius 3 is 1.09 bits per heavy atom. The Balaban J connectivity index is 0.000000152. The normalized spacial score (nSPS) is 17.8. The number of carbonyl (C=O) groups is 6. The summed E-state index contributed by atoms with van der Waals surface area (Å²) >= 11 is 2.71. The van der Waals surface area contributed by atoms with Crippen molar-refractivity contribution < 1.29 is 115 Å². The lowest BCUT2D eigenvalue weighted by Gasteiger charge is -2.33. The lowest BCUT2D eigenvalue weighted by molar-refractivity contribution is -0.138. The first-order valence-corrected chi connectivity index (χ1v) is 47.1. The summed E-state index contributed by atoms with van der Waals surface area (Å²) in [6, 6.07) is 41.4. The summed E-state index contributed by atoms with van der Waals surface area (Å²) in [6.45, 7) is 21.2. The average molecular weight is 1980 g/mol. The first-order chi connectivity index (χ1) is 67.1. The van der Waals surface area contributed by atoms with Crippen molar-refractivity contribution in [2.45, 2.75) is 156 Å². The number of hydrogen-bond donors (Lipinski definition) is 0. The number of benzene rings is 6. The van der Waals surface area contributed by atoms with Crippen molar-refractivity contribution in [1.82, 2.24) is 29.7 Å². The van der Waals surface area contributed by atoms with Gasteiger partial charge in [-0.05, 0) is 260 Å². The second-order valence-electron chi connectivity index (χ2n) is 35.4. The molecule has 0 unspecified atom stereocenters. The van der Waals surface area contributed by atoms with Crippen molar-refractivity contribution in [1.29, 1.82) is 0 Å². The van der Waals surface area contributed by atoms with Gasteiger partial charge in [0.1, 0.15) is 74.8 Å². The van der Waals surface area contributed by atoms with Gasteiger partial charge in [-0.15, -0.1) is 22.7 Å². The van der Waals surface area contributed by atoms with Crippen LogP contribution in [0.1, 0.15) is 171 Å². The van der Waals surface area contributed by atoms with Gasteiger partial charge >= 0.3 is 54.7 Å². The number of carbonyl (C=O) groups excluding carboxylic acids is 6. The lowest BCUT2D eigenvalue weighted by Crippen LogP contribution is -2.38. The minimum atomic E-state index is -4.54. The Labute approximate surface area is 815 Å². The van der Waals surface area contributed by atoms with Crippen LogP contribution in [0.2, 0.25) is 0 Å². The first-order valence-electron chi connectivity index (χ1n) is 45.5. The maximum atomic E-state index is 13.6. The first kappa shape index (κ1) is 99.8. The summed E-state index contributed by atoms with van der Waals surface area (Å²) < 4.78 is 177. The van der Waals surface area contributed by atoms with Crippen LogP contribution in [0.4, 0.5) is 71.4 Å². The fourth-order valence-corrected chi connectivity index (χ4v) is 20.4. The maximum Gasteiger partial charge on any atom is 0.416 e. The molecule has 12 heterocycles. The Morgan fingerprint density at radius 1 is 0.390 bits per heavy atom. The minimum Gasteiger partial charge on any atom is -0.496 e. The zero-order valence-electron chi connectivity index (χ0n) is 79.8. The number of alkyl halides is 9. The Morgan fingerprint density at radius 2 is 0.745 bits per heavy atom. The number of pyridine rings is 3. The molecule has 6 atom stereocenters. The minimum absolute atomic E-state index is 0.0338. The number of halogens is 9. The van der Waals surface area contributed by atoms with E-state index in [1.54, 1.807) is 105 Å². The Bertz CT molecular complexity index is 6820. The highest BCUT2D eigenvalue weighted by Crippen LogP contribution is 2.49. The number of nitrogens with zero attached hydrogens (tertiary/aromatic N) is 9. The number of aromatic nitrogens is 3. The van der Waals surface area contributed by atoms with E-state index in [1.165, 1.54) is 65.0 Å². The third kappa shape index (κ3) is 20.8. The number of esters is 3. The topological polar surface area (TPSA) is 257 Å². The number of methoxy groups -OCH3 is 6. The van der Waals surface area contributed by atoms with E-state index in [9.17, 15) is 68.3 Å². The highest BCUT2D eigenvalue weighted by atomic mass is 32.1. The average Bonchev–Trinajstić information content (AvgIpc) is 1.71. The number of ether oxygens (including phenoxy) is 9. The van der Waals surface area contributed by atoms with Crippen molar-refractivity contribution in [3.63, 3.8) is 0 Å². The molecule has 738 valence electrons. The molecule has 6 aliphatic heterocycles. The van der Waals surface area contributed by atoms with E-state index >= 15 is 0 Å². The summed E-state index contributed by atoms with van der Waals surface area (Å²) in [7, 11) is 8.70. The van der Waals surface area contributed by atoms with Crippen LogP contribution >= 0.6 is 22.7 Å². The van der Waals surface area contributed by atoms with E-state index < -0.39 is 102 Å². The molecule has 3 amide bonds. The van der Waals surface area contributed by atoms with Gasteiger partial charge in [0, 0.05) is 88.0 Å². The van der Waals surface area contributed by atoms with Crippen LogP contribution in [0.5, 0.6) is 17.2 Å². The van der Waals surface area contributed by atoms with Gasteiger partial charge in [0.2, 0.25) is 0 Å². The SMILES string of the molecule is COC(=O)c1cc(-c2ccc(OC)c(-c3ccc(N4CCC4)nc3CN3C(=O)O[C@H](c4cc(C)cc(C(F)(F)F)c4)[C@@H]3C)c2)c(C)s1.COC(=O)c1coc(-c2ccc(OC)c(-c3ccc(N4CCC4)nc3CN3C(=O)O[C@H](c4cc(C)cc(C(F)(F)F)c4)[C@@H]3C)c2)c1.COC(=O)c1sc(-c2ccc(OC)c(-c3ccc(N4CCC4)nc3CN3C(=O)O[C@H](c4cc(C)cc(C(F)(F)F)c4)[C@@H]3C)c2)c(C)c1C. The van der Waals surface area contributed by atoms with Gasteiger partial charge < -0.3 is 61.7 Å². The van der Waals surface area contributed by atoms with Crippen LogP contribution in [-0.4, -0.2) is 166 Å². The van der Waals surface area contributed by atoms with Crippen LogP contribution in [0.25, 0.3) is 66.3 Å². The second-order valence-corrected chi connectivity index (χ2v) is 37.7. The summed E-state index contributed by atoms with van der Waals surface area (Å²) in [5.74, 6) is 3.12. The largest absolute Gasteiger partial charge is 0.496 e. The molecule has 6 saturated heterocycles. The number of hydrogen-bond acceptors (Lipinski definition) is 24. The maximum absolute atomic E-state index is 13.6. The van der Waals surface area contributed by atoms with Gasteiger partial charge in [-0.2, -0.15) is 39.5 Å². The molecule has 6 aliphatic rings. The zero-order chi connectivity index (χ0) is 101. The van der Waals surface area contributed by atoms with Crippen molar-refractivity contribution in [3.05, 3.63) is 262 Å². The van der Waals surface area contributed by atoms with Crippen molar-refractivity contribution in [3.8, 4) is 83.5 Å². The van der Waals surface area contributed by atoms with Crippen LogP contribution in [0.15, 0.2) is 168 Å². The van der Waals surface area contributed by atoms with Gasteiger partial charge in [-0.3, -0.25) is 14.7 Å². The van der Waals surface area contributed by atoms with Crippen molar-refractivity contribution in [2.75, 3.05) is 96.6 Å². The number of furan rings is 1. The fourth-order valence-electron chi connectivity index (χ4n) is 18.2. The van der Waals surface area contributed by atoms with Gasteiger partial charge in [-0.1, -0.05) is 41.0 Å². The van der Waals surface area contributed by atoms with Gasteiger partial charge in [0.25, 0.3) is 0 Å². The van der Waals surface area contributed by atoms with Gasteiger partial charge in [-0.25, -0.2) is 43.7 Å². The van der Waals surface area contributed by atoms with E-state index in [0.29, 0.717) is 83.2 Å². The fraction of sp³-hybridized carbons (Fsp3) is 0.343. The number of cyclic esters (lactones) is 3. The molecule has 36 heteroatoms. The van der Waals surface area contributed by atoms with E-state index in [4.69, 9.17) is 62.0 Å². The second kappa shape index (κ2) is 40.6. The highest BCUT2D eigenvalue weighted by molar-refractivity contribution is 7.17. The molecule has 0 bridgehead atoms. The molecular weight excluding hydrogens is 1880 g/mol. The smallest absolute Gasteiger partial charge is 0.416 e. The number of aryl methyl sites for hydroxylation is 4. The van der Waals surface area contributed by atoms with Crippen LogP contribution < -0.4 is 28.9 Å². The van der Waals surface area contributed by atoms with E-state index in [1.807, 2.05) is 99.6 Å². The molecule has 12 aromatic rings. The molecule has 25 nitrogen and oxygen atoms in total. The van der Waals surface area contributed by atoms with Gasteiger partial charge in [0.15, 0.2) is 0 Å².